The molecule has 5 nitrogen and oxygen atoms in total. The number of carbonyl (C=O) groups excluding carboxylic acids is 2. The molecule has 152 valence electrons. The molecule has 1 aromatic heterocycles. The number of halogens is 1. The van der Waals surface area contributed by atoms with Gasteiger partial charge in [0.25, 0.3) is 5.91 Å². The number of fused-ring (bicyclic) bond motifs is 1. The fraction of sp³-hybridized carbons (Fsp3) is 0.524. The van der Waals surface area contributed by atoms with Crippen LogP contribution in [0.15, 0.2) is 24.3 Å². The third-order valence-corrected chi connectivity index (χ3v) is 7.37. The summed E-state index contributed by atoms with van der Waals surface area (Å²) in [5, 5.41) is 1.16. The molecule has 2 fully saturated rings. The molecule has 2 atom stereocenters. The standard InChI is InChI=1S/C21H27N3O2S.ClH/c1-14-16-6-2-3-8-18(16)27-20(14)21(26)24-11-9-23(10-12-24)19(25)13-15-5-4-7-17(15)22;/h2-3,6,8,15,17H,4-5,7,9-13,22H2,1H3;1H/t15-,17+;/m0./s1. The molecular formula is C21H28ClN3O2S. The Morgan fingerprint density at radius 1 is 1.11 bits per heavy atom. The third kappa shape index (κ3) is 4.04. The maximum Gasteiger partial charge on any atom is 0.264 e. The highest BCUT2D eigenvalue weighted by Gasteiger charge is 2.31. The Kier molecular flexibility index (Phi) is 6.63. The Labute approximate surface area is 176 Å². The van der Waals surface area contributed by atoms with E-state index in [1.165, 1.54) is 0 Å². The lowest BCUT2D eigenvalue weighted by Crippen LogP contribution is -2.51. The van der Waals surface area contributed by atoms with Crippen molar-refractivity contribution in [2.75, 3.05) is 26.2 Å². The van der Waals surface area contributed by atoms with Gasteiger partial charge in [0.15, 0.2) is 0 Å². The highest BCUT2D eigenvalue weighted by Crippen LogP contribution is 2.32. The fourth-order valence-corrected chi connectivity index (χ4v) is 5.53. The molecule has 2 amide bonds. The van der Waals surface area contributed by atoms with Crippen molar-refractivity contribution in [3.05, 3.63) is 34.7 Å². The minimum atomic E-state index is 0. The number of thiophene rings is 1. The number of benzene rings is 1. The van der Waals surface area contributed by atoms with Gasteiger partial charge in [0.2, 0.25) is 5.91 Å². The second-order valence-electron chi connectivity index (χ2n) is 7.78. The van der Waals surface area contributed by atoms with Crippen LogP contribution in [0.3, 0.4) is 0 Å². The first-order chi connectivity index (χ1) is 13.0. The van der Waals surface area contributed by atoms with E-state index in [0.29, 0.717) is 38.5 Å². The summed E-state index contributed by atoms with van der Waals surface area (Å²) >= 11 is 1.57. The summed E-state index contributed by atoms with van der Waals surface area (Å²) in [6.07, 6.45) is 3.80. The van der Waals surface area contributed by atoms with Gasteiger partial charge in [-0.2, -0.15) is 0 Å². The molecular weight excluding hydrogens is 394 g/mol. The van der Waals surface area contributed by atoms with Gasteiger partial charge in [-0.25, -0.2) is 0 Å². The van der Waals surface area contributed by atoms with E-state index >= 15 is 0 Å². The number of rotatable bonds is 3. The Hall–Kier alpha value is -1.63. The number of carbonyl (C=O) groups is 2. The van der Waals surface area contributed by atoms with Crippen LogP contribution in [-0.4, -0.2) is 53.8 Å². The SMILES string of the molecule is Cc1c(C(=O)N2CCN(C(=O)C[C@@H]3CCC[C@H]3N)CC2)sc2ccccc12.Cl. The van der Waals surface area contributed by atoms with Crippen molar-refractivity contribution in [2.45, 2.75) is 38.6 Å². The van der Waals surface area contributed by atoms with Gasteiger partial charge in [0.1, 0.15) is 0 Å². The molecule has 2 heterocycles. The molecule has 0 bridgehead atoms. The molecule has 4 rings (SSSR count). The Bertz CT molecular complexity index is 860. The van der Waals surface area contributed by atoms with Crippen molar-refractivity contribution in [1.29, 1.82) is 0 Å². The smallest absolute Gasteiger partial charge is 0.264 e. The van der Waals surface area contributed by atoms with Crippen LogP contribution in [0.25, 0.3) is 10.1 Å². The van der Waals surface area contributed by atoms with Crippen molar-refractivity contribution in [2.24, 2.45) is 11.7 Å². The van der Waals surface area contributed by atoms with Crippen LogP contribution in [0.1, 0.15) is 40.9 Å². The molecule has 28 heavy (non-hydrogen) atoms. The summed E-state index contributed by atoms with van der Waals surface area (Å²) in [6.45, 7) is 4.48. The normalized spacial score (nSPS) is 22.4. The Morgan fingerprint density at radius 2 is 1.79 bits per heavy atom. The summed E-state index contributed by atoms with van der Waals surface area (Å²) < 4.78 is 1.15. The quantitative estimate of drug-likeness (QED) is 0.825. The first kappa shape index (κ1) is 21.1. The number of hydrogen-bond donors (Lipinski definition) is 1. The zero-order valence-corrected chi connectivity index (χ0v) is 17.9. The van der Waals surface area contributed by atoms with Gasteiger partial charge < -0.3 is 15.5 Å². The minimum absolute atomic E-state index is 0. The first-order valence-corrected chi connectivity index (χ1v) is 10.7. The lowest BCUT2D eigenvalue weighted by atomic mass is 9.99. The van der Waals surface area contributed by atoms with Crippen molar-refractivity contribution in [3.8, 4) is 0 Å². The highest BCUT2D eigenvalue weighted by atomic mass is 35.5. The molecule has 0 radical (unpaired) electrons. The van der Waals surface area contributed by atoms with E-state index < -0.39 is 0 Å². The van der Waals surface area contributed by atoms with Crippen molar-refractivity contribution < 1.29 is 9.59 Å². The Morgan fingerprint density at radius 3 is 2.43 bits per heavy atom. The van der Waals surface area contributed by atoms with Crippen LogP contribution in [0, 0.1) is 12.8 Å². The van der Waals surface area contributed by atoms with E-state index in [9.17, 15) is 9.59 Å². The second-order valence-corrected chi connectivity index (χ2v) is 8.84. The molecule has 2 aliphatic rings. The monoisotopic (exact) mass is 421 g/mol. The van der Waals surface area contributed by atoms with Crippen LogP contribution >= 0.6 is 23.7 Å². The molecule has 7 heteroatoms. The van der Waals surface area contributed by atoms with Gasteiger partial charge in [-0.1, -0.05) is 24.6 Å². The average molecular weight is 422 g/mol. The average Bonchev–Trinajstić information content (AvgIpc) is 3.25. The lowest BCUT2D eigenvalue weighted by Gasteiger charge is -2.35. The summed E-state index contributed by atoms with van der Waals surface area (Å²) in [5.41, 5.74) is 7.17. The van der Waals surface area contributed by atoms with E-state index in [1.54, 1.807) is 11.3 Å². The number of nitrogens with two attached hydrogens (primary N) is 1. The molecule has 0 unspecified atom stereocenters. The molecule has 0 spiro atoms. The van der Waals surface area contributed by atoms with Crippen LogP contribution in [0.2, 0.25) is 0 Å². The second kappa shape index (κ2) is 8.80. The third-order valence-electron chi connectivity index (χ3n) is 6.11. The van der Waals surface area contributed by atoms with E-state index in [4.69, 9.17) is 5.73 Å². The molecule has 1 saturated heterocycles. The van der Waals surface area contributed by atoms with Crippen LogP contribution in [0.4, 0.5) is 0 Å². The lowest BCUT2D eigenvalue weighted by molar-refractivity contribution is -0.133. The molecule has 1 aliphatic heterocycles. The minimum Gasteiger partial charge on any atom is -0.339 e. The van der Waals surface area contributed by atoms with Gasteiger partial charge in [0.05, 0.1) is 4.88 Å². The van der Waals surface area contributed by atoms with Crippen LogP contribution in [0.5, 0.6) is 0 Å². The van der Waals surface area contributed by atoms with E-state index in [-0.39, 0.29) is 30.3 Å². The van der Waals surface area contributed by atoms with Gasteiger partial charge in [-0.15, -0.1) is 23.7 Å². The predicted octanol–water partition coefficient (Wildman–Crippen LogP) is 3.43. The van der Waals surface area contributed by atoms with Gasteiger partial charge in [0, 0.05) is 43.3 Å². The summed E-state index contributed by atoms with van der Waals surface area (Å²) in [4.78, 5) is 30.2. The fourth-order valence-electron chi connectivity index (χ4n) is 4.35. The maximum atomic E-state index is 13.0. The number of amides is 2. The topological polar surface area (TPSA) is 66.6 Å². The zero-order valence-electron chi connectivity index (χ0n) is 16.2. The van der Waals surface area contributed by atoms with E-state index in [1.807, 2.05) is 28.9 Å². The molecule has 1 aliphatic carbocycles. The van der Waals surface area contributed by atoms with E-state index in [0.717, 1.165) is 39.8 Å². The highest BCUT2D eigenvalue weighted by molar-refractivity contribution is 7.21. The maximum absolute atomic E-state index is 13.0. The van der Waals surface area contributed by atoms with Crippen molar-refractivity contribution in [3.63, 3.8) is 0 Å². The summed E-state index contributed by atoms with van der Waals surface area (Å²) in [5.74, 6) is 0.625. The summed E-state index contributed by atoms with van der Waals surface area (Å²) in [7, 11) is 0. The number of aryl methyl sites for hydroxylation is 1. The van der Waals surface area contributed by atoms with Crippen molar-refractivity contribution in [1.82, 2.24) is 9.80 Å². The zero-order chi connectivity index (χ0) is 19.0. The molecule has 2 aromatic rings. The molecule has 2 N–H and O–H groups in total. The summed E-state index contributed by atoms with van der Waals surface area (Å²) in [6, 6.07) is 8.33. The van der Waals surface area contributed by atoms with Gasteiger partial charge >= 0.3 is 0 Å². The molecule has 1 saturated carbocycles. The Balaban J connectivity index is 0.00000225. The van der Waals surface area contributed by atoms with E-state index in [2.05, 4.69) is 12.1 Å². The number of nitrogens with zero attached hydrogens (tertiary/aromatic N) is 2. The van der Waals surface area contributed by atoms with Crippen LogP contribution < -0.4 is 5.73 Å². The number of piperazine rings is 1. The van der Waals surface area contributed by atoms with Gasteiger partial charge in [-0.3, -0.25) is 9.59 Å². The number of hydrogen-bond acceptors (Lipinski definition) is 4. The largest absolute Gasteiger partial charge is 0.339 e. The van der Waals surface area contributed by atoms with Crippen LogP contribution in [-0.2, 0) is 4.79 Å². The van der Waals surface area contributed by atoms with Crippen molar-refractivity contribution >= 4 is 45.6 Å². The molecule has 1 aromatic carbocycles. The predicted molar refractivity (Wildman–Crippen MR) is 116 cm³/mol. The van der Waals surface area contributed by atoms with Gasteiger partial charge in [-0.05, 0) is 42.7 Å². The first-order valence-electron chi connectivity index (χ1n) is 9.85.